The maximum Gasteiger partial charge on any atom is 0.408 e. The predicted molar refractivity (Wildman–Crippen MR) is 207 cm³/mol. The SMILES string of the molecule is COc1ccc2nc(C3CC3)c3c(c2c1)[C@H](F)C[C@]1(C[C@H]2C(=O)N[C@]4(C(=O)NS(=O)(=O)C5(C)CC5)C[C@H]4/C=C\CCCCC[C@H](N(C(=O)O)C(C)C)C(=O)N2C1)O3. The number of carboxylic acid groups (broad SMARTS) is 1. The molecule has 3 N–H and O–H groups in total. The van der Waals surface area contributed by atoms with Crippen LogP contribution in [-0.2, 0) is 24.4 Å². The maximum atomic E-state index is 17.1. The van der Waals surface area contributed by atoms with Gasteiger partial charge in [-0.25, -0.2) is 22.6 Å². The van der Waals surface area contributed by atoms with Gasteiger partial charge >= 0.3 is 6.09 Å². The predicted octanol–water partition coefficient (Wildman–Crippen LogP) is 5.40. The molecule has 8 rings (SSSR count). The number of nitrogens with one attached hydrogen (secondary N) is 2. The molecule has 14 nitrogen and oxygen atoms in total. The lowest BCUT2D eigenvalue weighted by Crippen LogP contribution is -2.59. The maximum absolute atomic E-state index is 17.1. The van der Waals surface area contributed by atoms with Gasteiger partial charge in [-0.3, -0.25) is 24.0 Å². The van der Waals surface area contributed by atoms with Crippen LogP contribution >= 0.6 is 0 Å². The van der Waals surface area contributed by atoms with Crippen LogP contribution < -0.4 is 19.5 Å². The zero-order valence-electron chi connectivity index (χ0n) is 32.9. The number of nitrogens with zero attached hydrogens (tertiary/aromatic N) is 3. The van der Waals surface area contributed by atoms with E-state index in [1.54, 1.807) is 39.0 Å². The van der Waals surface area contributed by atoms with Gasteiger partial charge in [-0.1, -0.05) is 25.0 Å². The van der Waals surface area contributed by atoms with Gasteiger partial charge in [0.15, 0.2) is 0 Å². The summed E-state index contributed by atoms with van der Waals surface area (Å²) in [6, 6.07) is 2.26. The number of carbonyl (C=O) groups is 4. The van der Waals surface area contributed by atoms with Crippen LogP contribution in [0.1, 0.15) is 121 Å². The number of allylic oxidation sites excluding steroid dienone is 1. The third-order valence-corrected chi connectivity index (χ3v) is 15.2. The fraction of sp³-hybridized carbons (Fsp3) is 0.634. The van der Waals surface area contributed by atoms with Crippen LogP contribution in [0.2, 0.25) is 0 Å². The van der Waals surface area contributed by atoms with Gasteiger partial charge in [-0.2, -0.15) is 0 Å². The van der Waals surface area contributed by atoms with E-state index in [-0.39, 0.29) is 38.1 Å². The number of pyridine rings is 1. The number of amides is 4. The second-order valence-electron chi connectivity index (χ2n) is 17.6. The number of alkyl halides is 1. The number of ether oxygens (including phenoxy) is 2. The number of hydrogen-bond donors (Lipinski definition) is 3. The first-order chi connectivity index (χ1) is 27.0. The molecule has 4 amide bonds. The third-order valence-electron chi connectivity index (χ3n) is 13.1. The quantitative estimate of drug-likeness (QED) is 0.306. The molecule has 0 bridgehead atoms. The number of benzene rings is 1. The van der Waals surface area contributed by atoms with E-state index in [2.05, 4.69) is 10.0 Å². The number of methoxy groups -OCH3 is 1. The summed E-state index contributed by atoms with van der Waals surface area (Å²) < 4.78 is 57.1. The number of aromatic nitrogens is 1. The number of carbonyl (C=O) groups excluding carboxylic acids is 3. The molecule has 2 aromatic rings. The molecule has 57 heavy (non-hydrogen) atoms. The van der Waals surface area contributed by atoms with Gasteiger partial charge in [0.1, 0.15) is 40.9 Å². The Morgan fingerprint density at radius 3 is 2.54 bits per heavy atom. The molecular formula is C41H52FN5O9S. The molecule has 4 fully saturated rings. The van der Waals surface area contributed by atoms with Crippen LogP contribution in [0.4, 0.5) is 9.18 Å². The van der Waals surface area contributed by atoms with Gasteiger partial charge in [0.2, 0.25) is 21.8 Å². The first-order valence-corrected chi connectivity index (χ1v) is 21.7. The number of fused-ring (bicyclic) bond motifs is 5. The minimum Gasteiger partial charge on any atom is -0.497 e. The van der Waals surface area contributed by atoms with Crippen LogP contribution in [0, 0.1) is 5.92 Å². The lowest BCUT2D eigenvalue weighted by atomic mass is 9.85. The molecule has 16 heteroatoms. The summed E-state index contributed by atoms with van der Waals surface area (Å²) in [7, 11) is -2.52. The Labute approximate surface area is 331 Å². The van der Waals surface area contributed by atoms with Crippen LogP contribution in [0.3, 0.4) is 0 Å². The molecule has 6 atom stereocenters. The highest BCUT2D eigenvalue weighted by molar-refractivity contribution is 7.91. The summed E-state index contributed by atoms with van der Waals surface area (Å²) in [4.78, 5) is 63.8. The van der Waals surface area contributed by atoms with Crippen molar-refractivity contribution in [1.29, 1.82) is 0 Å². The van der Waals surface area contributed by atoms with E-state index in [1.165, 1.54) is 12.0 Å². The molecule has 0 radical (unpaired) electrons. The van der Waals surface area contributed by atoms with Crippen LogP contribution in [0.5, 0.6) is 11.5 Å². The minimum atomic E-state index is -4.05. The normalized spacial score (nSPS) is 31.5. The summed E-state index contributed by atoms with van der Waals surface area (Å²) in [6.07, 6.45) is 5.98. The van der Waals surface area contributed by atoms with Crippen molar-refractivity contribution in [2.75, 3.05) is 13.7 Å². The molecule has 3 saturated carbocycles. The number of halogens is 1. The number of rotatable bonds is 7. The van der Waals surface area contributed by atoms with Gasteiger partial charge in [0, 0.05) is 41.7 Å². The van der Waals surface area contributed by atoms with Crippen molar-refractivity contribution >= 4 is 44.7 Å². The van der Waals surface area contributed by atoms with Gasteiger partial charge in [-0.15, -0.1) is 0 Å². The zero-order chi connectivity index (χ0) is 40.7. The van der Waals surface area contributed by atoms with Crippen LogP contribution in [0.15, 0.2) is 30.4 Å². The van der Waals surface area contributed by atoms with Gasteiger partial charge in [-0.05, 0) is 90.3 Å². The molecule has 1 spiro atoms. The smallest absolute Gasteiger partial charge is 0.408 e. The fourth-order valence-electron chi connectivity index (χ4n) is 9.16. The summed E-state index contributed by atoms with van der Waals surface area (Å²) >= 11 is 0. The Morgan fingerprint density at radius 2 is 1.88 bits per heavy atom. The molecule has 6 aliphatic rings. The van der Waals surface area contributed by atoms with E-state index in [9.17, 15) is 32.7 Å². The molecular weight excluding hydrogens is 758 g/mol. The molecule has 3 aliphatic heterocycles. The van der Waals surface area contributed by atoms with Crippen molar-refractivity contribution in [2.45, 2.75) is 144 Å². The van der Waals surface area contributed by atoms with Crippen LogP contribution in [-0.4, -0.2) is 99.8 Å². The van der Waals surface area contributed by atoms with E-state index in [1.807, 2.05) is 12.2 Å². The second kappa shape index (κ2) is 14.1. The summed E-state index contributed by atoms with van der Waals surface area (Å²) in [6.45, 7) is 4.72. The van der Waals surface area contributed by atoms with Crippen LogP contribution in [0.25, 0.3) is 10.9 Å². The fourth-order valence-corrected chi connectivity index (χ4v) is 10.5. The second-order valence-corrected chi connectivity index (χ2v) is 19.8. The summed E-state index contributed by atoms with van der Waals surface area (Å²) in [5.41, 5.74) is -1.45. The van der Waals surface area contributed by atoms with E-state index in [0.717, 1.165) is 24.2 Å². The third kappa shape index (κ3) is 6.98. The minimum absolute atomic E-state index is 0.0522. The van der Waals surface area contributed by atoms with Gasteiger partial charge < -0.3 is 24.8 Å². The van der Waals surface area contributed by atoms with Crippen molar-refractivity contribution in [2.24, 2.45) is 5.92 Å². The first-order valence-electron chi connectivity index (χ1n) is 20.2. The highest BCUT2D eigenvalue weighted by atomic mass is 32.2. The lowest BCUT2D eigenvalue weighted by molar-refractivity contribution is -0.144. The molecule has 308 valence electrons. The topological polar surface area (TPSA) is 185 Å². The zero-order valence-corrected chi connectivity index (χ0v) is 33.7. The van der Waals surface area contributed by atoms with Crippen molar-refractivity contribution < 1.29 is 46.6 Å². The molecule has 1 aromatic carbocycles. The first kappa shape index (κ1) is 39.4. The van der Waals surface area contributed by atoms with Crippen molar-refractivity contribution in [3.63, 3.8) is 0 Å². The Kier molecular flexibility index (Phi) is 9.75. The summed E-state index contributed by atoms with van der Waals surface area (Å²) in [5.74, 6) is -1.82. The van der Waals surface area contributed by atoms with E-state index in [4.69, 9.17) is 14.5 Å². The Bertz CT molecular complexity index is 2160. The van der Waals surface area contributed by atoms with E-state index in [0.29, 0.717) is 65.8 Å². The standard InChI is InChI=1S/C41H52FN5O9S/c1-23(2)47(38(51)52)30-11-9-7-5-6-8-10-25-19-41(25,37(50)45-57(53,54)39(3)16-17-39)44-35(48)31-21-40(22-46(31)36(30)49)20-28(42)32-27-18-26(55-4)14-15-29(27)43-33(24-12-13-24)34(32)56-40/h8,10,14-15,18,23-25,28,30-31H,5-7,9,11-13,16-17,19-22H2,1-4H3,(H,44,48)(H,45,50)(H,51,52)/b10-8-/t25-,28-,30+,31+,40-,41-/m1/s1. The monoisotopic (exact) mass is 809 g/mol. The Balaban J connectivity index is 1.20. The van der Waals surface area contributed by atoms with Gasteiger partial charge in [0.05, 0.1) is 29.6 Å². The number of hydrogen-bond acceptors (Lipinski definition) is 9. The Morgan fingerprint density at radius 1 is 1.12 bits per heavy atom. The van der Waals surface area contributed by atoms with Crippen molar-refractivity contribution in [1.82, 2.24) is 24.8 Å². The Hall–Kier alpha value is -4.47. The van der Waals surface area contributed by atoms with Crippen molar-refractivity contribution in [3.8, 4) is 11.5 Å². The molecule has 0 unspecified atom stereocenters. The average molecular weight is 810 g/mol. The highest BCUT2D eigenvalue weighted by Crippen LogP contribution is 2.55. The lowest BCUT2D eigenvalue weighted by Gasteiger charge is -2.39. The van der Waals surface area contributed by atoms with E-state index >= 15 is 4.39 Å². The number of sulfonamides is 1. The molecule has 3 aliphatic carbocycles. The van der Waals surface area contributed by atoms with Crippen molar-refractivity contribution in [3.05, 3.63) is 41.6 Å². The largest absolute Gasteiger partial charge is 0.497 e. The highest BCUT2D eigenvalue weighted by Gasteiger charge is 2.64. The van der Waals surface area contributed by atoms with Gasteiger partial charge in [0.25, 0.3) is 5.91 Å². The molecule has 1 saturated heterocycles. The molecule has 1 aromatic heterocycles. The molecule has 4 heterocycles. The summed E-state index contributed by atoms with van der Waals surface area (Å²) in [5, 5.41) is 13.8. The van der Waals surface area contributed by atoms with E-state index < -0.39 is 79.9 Å². The average Bonchev–Trinajstić information content (AvgIpc) is 4.09.